The molecule has 1 saturated heterocycles. The summed E-state index contributed by atoms with van der Waals surface area (Å²) in [5.41, 5.74) is 0.355. The molecule has 34 heavy (non-hydrogen) atoms. The lowest BCUT2D eigenvalue weighted by Gasteiger charge is -2.56. The van der Waals surface area contributed by atoms with Gasteiger partial charge in [-0.2, -0.15) is 0 Å². The lowest BCUT2D eigenvalue weighted by molar-refractivity contribution is -0.129. The Morgan fingerprint density at radius 2 is 1.76 bits per heavy atom. The number of nitrogens with zero attached hydrogens (tertiary/aromatic N) is 1. The van der Waals surface area contributed by atoms with Crippen LogP contribution >= 0.6 is 0 Å². The highest BCUT2D eigenvalue weighted by Gasteiger charge is 2.51. The lowest BCUT2D eigenvalue weighted by atomic mass is 9.50. The fraction of sp³-hybridized carbons (Fsp3) is 0.714. The van der Waals surface area contributed by atoms with Gasteiger partial charge in [0.2, 0.25) is 5.91 Å². The SMILES string of the molecule is CNC(=O)[C@]1(C)CCCN1C(=O)c1cc(C2CC2)c(OCC23CC4CC(CC(C4)C2)C3)cc1F. The third-order valence-corrected chi connectivity index (χ3v) is 9.65. The van der Waals surface area contributed by atoms with Crippen LogP contribution in [0.4, 0.5) is 4.39 Å². The zero-order valence-corrected chi connectivity index (χ0v) is 20.5. The van der Waals surface area contributed by atoms with Crippen molar-refractivity contribution in [3.63, 3.8) is 0 Å². The molecule has 2 amide bonds. The van der Waals surface area contributed by atoms with Gasteiger partial charge < -0.3 is 15.0 Å². The second kappa shape index (κ2) is 7.96. The van der Waals surface area contributed by atoms with Crippen LogP contribution in [0.2, 0.25) is 0 Å². The Kier molecular flexibility index (Phi) is 5.23. The highest BCUT2D eigenvalue weighted by Crippen LogP contribution is 2.60. The van der Waals surface area contributed by atoms with Crippen LogP contribution in [0.25, 0.3) is 0 Å². The van der Waals surface area contributed by atoms with Crippen LogP contribution in [-0.4, -0.2) is 42.5 Å². The minimum absolute atomic E-state index is 0.0704. The van der Waals surface area contributed by atoms with Crippen molar-refractivity contribution in [3.05, 3.63) is 29.1 Å². The Balaban J connectivity index is 1.25. The Labute approximate surface area is 201 Å². The molecule has 1 aromatic carbocycles. The van der Waals surface area contributed by atoms with Gasteiger partial charge in [-0.25, -0.2) is 4.39 Å². The molecule has 5 aliphatic carbocycles. The van der Waals surface area contributed by atoms with E-state index in [9.17, 15) is 9.59 Å². The maximum atomic E-state index is 15.4. The van der Waals surface area contributed by atoms with Crippen LogP contribution in [0, 0.1) is 29.0 Å². The molecule has 4 bridgehead atoms. The number of carbonyl (C=O) groups excluding carboxylic acids is 2. The van der Waals surface area contributed by atoms with Gasteiger partial charge in [0.1, 0.15) is 17.1 Å². The Bertz CT molecular complexity index is 984. The smallest absolute Gasteiger partial charge is 0.257 e. The highest BCUT2D eigenvalue weighted by atomic mass is 19.1. The summed E-state index contributed by atoms with van der Waals surface area (Å²) >= 11 is 0. The predicted molar refractivity (Wildman–Crippen MR) is 127 cm³/mol. The number of benzene rings is 1. The molecule has 0 radical (unpaired) electrons. The molecule has 5 saturated carbocycles. The monoisotopic (exact) mass is 468 g/mol. The number of nitrogens with one attached hydrogen (secondary N) is 1. The second-order valence-electron chi connectivity index (χ2n) is 12.3. The van der Waals surface area contributed by atoms with Gasteiger partial charge in [0.05, 0.1) is 12.2 Å². The molecule has 0 aromatic heterocycles. The largest absolute Gasteiger partial charge is 0.493 e. The predicted octanol–water partition coefficient (Wildman–Crippen LogP) is 5.04. The van der Waals surface area contributed by atoms with Crippen molar-refractivity contribution in [1.29, 1.82) is 0 Å². The van der Waals surface area contributed by atoms with Crippen molar-refractivity contribution in [2.24, 2.45) is 23.2 Å². The number of hydrogen-bond donors (Lipinski definition) is 1. The third-order valence-electron chi connectivity index (χ3n) is 9.65. The van der Waals surface area contributed by atoms with Crippen LogP contribution in [0.15, 0.2) is 12.1 Å². The van der Waals surface area contributed by atoms with Crippen molar-refractivity contribution in [3.8, 4) is 5.75 Å². The minimum atomic E-state index is -0.939. The normalized spacial score (nSPS) is 36.1. The standard InChI is InChI=1S/C28H37FN2O3/c1-27(26(33)30-2)6-3-7-31(27)25(32)22-11-21(20-4-5-20)24(12-23(22)29)34-16-28-13-17-8-18(14-28)10-19(9-17)15-28/h11-12,17-20H,3-10,13-16H2,1-2H3,(H,30,33)/t17?,18?,19?,27-,28?/m0/s1. The fourth-order valence-corrected chi connectivity index (χ4v) is 8.21. The van der Waals surface area contributed by atoms with Crippen LogP contribution in [0.3, 0.4) is 0 Å². The molecule has 184 valence electrons. The average molecular weight is 469 g/mol. The number of likely N-dealkylation sites (N-methyl/N-ethyl adjacent to an activating group) is 1. The van der Waals surface area contributed by atoms with Crippen molar-refractivity contribution in [1.82, 2.24) is 10.2 Å². The summed E-state index contributed by atoms with van der Waals surface area (Å²) in [4.78, 5) is 27.6. The first kappa shape index (κ1) is 22.4. The summed E-state index contributed by atoms with van der Waals surface area (Å²) in [6, 6.07) is 3.18. The Morgan fingerprint density at radius 3 is 2.35 bits per heavy atom. The highest BCUT2D eigenvalue weighted by molar-refractivity contribution is 6.00. The average Bonchev–Trinajstić information content (AvgIpc) is 3.57. The van der Waals surface area contributed by atoms with Crippen molar-refractivity contribution < 1.29 is 18.7 Å². The van der Waals surface area contributed by atoms with E-state index in [2.05, 4.69) is 5.32 Å². The first-order valence-corrected chi connectivity index (χ1v) is 13.3. The molecule has 1 N–H and O–H groups in total. The van der Waals surface area contributed by atoms with E-state index >= 15 is 4.39 Å². The number of likely N-dealkylation sites (tertiary alicyclic amines) is 1. The van der Waals surface area contributed by atoms with Crippen LogP contribution in [0.1, 0.15) is 93.0 Å². The van der Waals surface area contributed by atoms with E-state index in [4.69, 9.17) is 4.74 Å². The topological polar surface area (TPSA) is 58.6 Å². The molecular formula is C28H37FN2O3. The van der Waals surface area contributed by atoms with E-state index in [0.29, 0.717) is 31.2 Å². The van der Waals surface area contributed by atoms with Gasteiger partial charge in [-0.1, -0.05) is 0 Å². The van der Waals surface area contributed by atoms with Gasteiger partial charge in [0, 0.05) is 25.1 Å². The molecule has 1 aromatic rings. The molecule has 6 fully saturated rings. The van der Waals surface area contributed by atoms with E-state index in [1.807, 2.05) is 0 Å². The number of halogens is 1. The van der Waals surface area contributed by atoms with E-state index in [0.717, 1.165) is 42.6 Å². The van der Waals surface area contributed by atoms with Crippen LogP contribution in [0.5, 0.6) is 5.75 Å². The number of amides is 2. The summed E-state index contributed by atoms with van der Waals surface area (Å²) in [7, 11) is 1.58. The van der Waals surface area contributed by atoms with E-state index < -0.39 is 17.3 Å². The van der Waals surface area contributed by atoms with Crippen LogP contribution < -0.4 is 10.1 Å². The maximum absolute atomic E-state index is 15.4. The summed E-state index contributed by atoms with van der Waals surface area (Å²) < 4.78 is 21.8. The fourth-order valence-electron chi connectivity index (χ4n) is 8.21. The van der Waals surface area contributed by atoms with E-state index in [-0.39, 0.29) is 16.9 Å². The van der Waals surface area contributed by atoms with Gasteiger partial charge in [-0.15, -0.1) is 0 Å². The number of rotatable bonds is 6. The van der Waals surface area contributed by atoms with Crippen LogP contribution in [-0.2, 0) is 4.79 Å². The molecule has 6 aliphatic rings. The van der Waals surface area contributed by atoms with Gasteiger partial charge in [0.15, 0.2) is 0 Å². The molecule has 0 spiro atoms. The van der Waals surface area contributed by atoms with Gasteiger partial charge in [-0.05, 0) is 106 Å². The summed E-state index contributed by atoms with van der Waals surface area (Å²) in [6.07, 6.45) is 11.4. The third kappa shape index (κ3) is 3.63. The minimum Gasteiger partial charge on any atom is -0.493 e. The molecule has 1 aliphatic heterocycles. The molecule has 1 atom stereocenters. The first-order valence-electron chi connectivity index (χ1n) is 13.3. The molecule has 1 heterocycles. The Morgan fingerprint density at radius 1 is 1.12 bits per heavy atom. The van der Waals surface area contributed by atoms with Gasteiger partial charge in [0.25, 0.3) is 5.91 Å². The summed E-state index contributed by atoms with van der Waals surface area (Å²) in [6.45, 7) is 2.91. The first-order chi connectivity index (χ1) is 16.3. The van der Waals surface area contributed by atoms with Crippen molar-refractivity contribution in [2.75, 3.05) is 20.2 Å². The summed E-state index contributed by atoms with van der Waals surface area (Å²) in [5.74, 6) is 2.39. The second-order valence-corrected chi connectivity index (χ2v) is 12.3. The van der Waals surface area contributed by atoms with Gasteiger partial charge in [-0.3, -0.25) is 9.59 Å². The lowest BCUT2D eigenvalue weighted by Crippen LogP contribution is -2.54. The van der Waals surface area contributed by atoms with Crippen molar-refractivity contribution in [2.45, 2.75) is 82.6 Å². The Hall–Kier alpha value is -2.11. The van der Waals surface area contributed by atoms with E-state index in [1.165, 1.54) is 44.6 Å². The number of carbonyl (C=O) groups is 2. The molecule has 7 rings (SSSR count). The molecule has 6 heteroatoms. The number of ether oxygens (including phenoxy) is 1. The maximum Gasteiger partial charge on any atom is 0.257 e. The zero-order valence-electron chi connectivity index (χ0n) is 20.5. The quantitative estimate of drug-likeness (QED) is 0.636. The number of hydrogen-bond acceptors (Lipinski definition) is 3. The van der Waals surface area contributed by atoms with E-state index in [1.54, 1.807) is 24.9 Å². The van der Waals surface area contributed by atoms with Crippen molar-refractivity contribution >= 4 is 11.8 Å². The summed E-state index contributed by atoms with van der Waals surface area (Å²) in [5, 5.41) is 2.67. The molecular weight excluding hydrogens is 431 g/mol. The molecule has 0 unspecified atom stereocenters. The zero-order chi connectivity index (χ0) is 23.7. The van der Waals surface area contributed by atoms with Gasteiger partial charge >= 0.3 is 0 Å². The molecule has 5 nitrogen and oxygen atoms in total.